The van der Waals surface area contributed by atoms with E-state index in [4.69, 9.17) is 5.73 Å². The summed E-state index contributed by atoms with van der Waals surface area (Å²) in [4.78, 5) is 4.57. The Hall–Kier alpha value is -1.41. The van der Waals surface area contributed by atoms with Crippen LogP contribution in [0.4, 0.5) is 0 Å². The van der Waals surface area contributed by atoms with E-state index in [1.807, 2.05) is 24.3 Å². The minimum Gasteiger partial charge on any atom is -0.323 e. The number of aromatic nitrogens is 1. The number of hydrogen-bond acceptors (Lipinski definition) is 2. The number of fused-ring (bicyclic) bond motifs is 1. The van der Waals surface area contributed by atoms with Crippen molar-refractivity contribution in [1.29, 1.82) is 0 Å². The molecule has 0 aliphatic carbocycles. The summed E-state index contributed by atoms with van der Waals surface area (Å²) in [6, 6.07) is 12.3. The van der Waals surface area contributed by atoms with Crippen LogP contribution in [0.1, 0.15) is 31.5 Å². The summed E-state index contributed by atoms with van der Waals surface area (Å²) in [5.74, 6) is 0. The lowest BCUT2D eigenvalue weighted by Gasteiger charge is -2.10. The van der Waals surface area contributed by atoms with Crippen LogP contribution in [-0.4, -0.2) is 4.98 Å². The van der Waals surface area contributed by atoms with Gasteiger partial charge in [-0.05, 0) is 18.6 Å². The molecule has 2 nitrogen and oxygen atoms in total. The van der Waals surface area contributed by atoms with Gasteiger partial charge < -0.3 is 5.73 Å². The maximum atomic E-state index is 6.03. The maximum absolute atomic E-state index is 6.03. The van der Waals surface area contributed by atoms with E-state index in [1.54, 1.807) is 0 Å². The number of rotatable bonds is 3. The van der Waals surface area contributed by atoms with E-state index in [1.165, 1.54) is 5.39 Å². The summed E-state index contributed by atoms with van der Waals surface area (Å²) in [6.07, 6.45) is 2.08. The predicted octanol–water partition coefficient (Wildman–Crippen LogP) is 3.03. The molecule has 15 heavy (non-hydrogen) atoms. The van der Waals surface area contributed by atoms with Crippen LogP contribution >= 0.6 is 0 Å². The van der Waals surface area contributed by atoms with Gasteiger partial charge in [0.15, 0.2) is 0 Å². The monoisotopic (exact) mass is 200 g/mol. The number of hydrogen-bond donors (Lipinski definition) is 1. The van der Waals surface area contributed by atoms with E-state index in [2.05, 4.69) is 24.0 Å². The zero-order chi connectivity index (χ0) is 10.7. The molecule has 1 aromatic carbocycles. The third-order valence-electron chi connectivity index (χ3n) is 2.60. The first-order valence-corrected chi connectivity index (χ1v) is 5.42. The molecule has 2 aromatic rings. The Bertz CT molecular complexity index is 451. The number of pyridine rings is 1. The largest absolute Gasteiger partial charge is 0.323 e. The molecule has 78 valence electrons. The van der Waals surface area contributed by atoms with Crippen molar-refractivity contribution in [1.82, 2.24) is 4.98 Å². The van der Waals surface area contributed by atoms with Crippen molar-refractivity contribution in [2.75, 3.05) is 0 Å². The number of benzene rings is 1. The van der Waals surface area contributed by atoms with Gasteiger partial charge >= 0.3 is 0 Å². The van der Waals surface area contributed by atoms with Gasteiger partial charge in [0.2, 0.25) is 0 Å². The van der Waals surface area contributed by atoms with Crippen molar-refractivity contribution in [2.24, 2.45) is 5.73 Å². The van der Waals surface area contributed by atoms with Gasteiger partial charge in [0.1, 0.15) is 0 Å². The Morgan fingerprint density at radius 2 is 2.00 bits per heavy atom. The van der Waals surface area contributed by atoms with Crippen LogP contribution in [0.5, 0.6) is 0 Å². The fourth-order valence-electron chi connectivity index (χ4n) is 1.75. The fourth-order valence-corrected chi connectivity index (χ4v) is 1.75. The Labute approximate surface area is 90.1 Å². The first-order chi connectivity index (χ1) is 7.31. The zero-order valence-corrected chi connectivity index (χ0v) is 8.98. The van der Waals surface area contributed by atoms with Crippen LogP contribution < -0.4 is 5.73 Å². The Morgan fingerprint density at radius 1 is 1.20 bits per heavy atom. The second kappa shape index (κ2) is 4.41. The van der Waals surface area contributed by atoms with E-state index < -0.39 is 0 Å². The van der Waals surface area contributed by atoms with E-state index >= 15 is 0 Å². The molecule has 1 aromatic heterocycles. The highest BCUT2D eigenvalue weighted by atomic mass is 14.8. The molecule has 0 aliphatic heterocycles. The molecule has 1 heterocycles. The van der Waals surface area contributed by atoms with Gasteiger partial charge in [-0.1, -0.05) is 37.6 Å². The molecular weight excluding hydrogens is 184 g/mol. The summed E-state index contributed by atoms with van der Waals surface area (Å²) in [6.45, 7) is 2.14. The lowest BCUT2D eigenvalue weighted by Crippen LogP contribution is -2.11. The quantitative estimate of drug-likeness (QED) is 0.827. The Kier molecular flexibility index (Phi) is 2.97. The van der Waals surface area contributed by atoms with Crippen LogP contribution in [0, 0.1) is 0 Å². The highest BCUT2D eigenvalue weighted by molar-refractivity contribution is 5.78. The minimum atomic E-state index is 0.0691. The topological polar surface area (TPSA) is 38.9 Å². The third-order valence-corrected chi connectivity index (χ3v) is 2.60. The summed E-state index contributed by atoms with van der Waals surface area (Å²) < 4.78 is 0. The smallest absolute Gasteiger partial charge is 0.0706 e. The fraction of sp³-hybridized carbons (Fsp3) is 0.308. The van der Waals surface area contributed by atoms with Gasteiger partial charge in [-0.3, -0.25) is 4.98 Å². The normalized spacial score (nSPS) is 12.9. The van der Waals surface area contributed by atoms with Crippen molar-refractivity contribution in [3.8, 4) is 0 Å². The van der Waals surface area contributed by atoms with E-state index in [0.29, 0.717) is 0 Å². The minimum absolute atomic E-state index is 0.0691. The first kappa shape index (κ1) is 10.1. The average molecular weight is 200 g/mol. The van der Waals surface area contributed by atoms with Crippen LogP contribution in [0.3, 0.4) is 0 Å². The molecule has 1 unspecified atom stereocenters. The summed E-state index contributed by atoms with van der Waals surface area (Å²) in [7, 11) is 0. The van der Waals surface area contributed by atoms with Crippen molar-refractivity contribution >= 4 is 10.9 Å². The molecule has 2 rings (SSSR count). The lowest BCUT2D eigenvalue weighted by molar-refractivity contribution is 0.624. The first-order valence-electron chi connectivity index (χ1n) is 5.42. The molecule has 0 amide bonds. The van der Waals surface area contributed by atoms with Gasteiger partial charge in [-0.15, -0.1) is 0 Å². The molecule has 0 bridgehead atoms. The molecule has 0 fully saturated rings. The SMILES string of the molecule is CCCC(N)c1ccc2ccccc2n1. The van der Waals surface area contributed by atoms with Crippen LogP contribution in [0.2, 0.25) is 0 Å². The number of para-hydroxylation sites is 1. The van der Waals surface area contributed by atoms with Gasteiger partial charge in [0.25, 0.3) is 0 Å². The van der Waals surface area contributed by atoms with Crippen LogP contribution in [-0.2, 0) is 0 Å². The summed E-state index contributed by atoms with van der Waals surface area (Å²) in [5.41, 5.74) is 8.06. The standard InChI is InChI=1S/C13H16N2/c1-2-5-11(14)13-9-8-10-6-3-4-7-12(10)15-13/h3-4,6-9,11H,2,5,14H2,1H3. The Morgan fingerprint density at radius 3 is 2.80 bits per heavy atom. The number of nitrogens with two attached hydrogens (primary N) is 1. The molecule has 0 radical (unpaired) electrons. The molecule has 2 heteroatoms. The third kappa shape index (κ3) is 2.16. The molecular formula is C13H16N2. The second-order valence-electron chi connectivity index (χ2n) is 3.82. The van der Waals surface area contributed by atoms with Crippen LogP contribution in [0.25, 0.3) is 10.9 Å². The molecule has 0 aliphatic rings. The van der Waals surface area contributed by atoms with Crippen molar-refractivity contribution in [2.45, 2.75) is 25.8 Å². The maximum Gasteiger partial charge on any atom is 0.0706 e. The highest BCUT2D eigenvalue weighted by Crippen LogP contribution is 2.17. The van der Waals surface area contributed by atoms with Crippen molar-refractivity contribution in [3.05, 3.63) is 42.1 Å². The highest BCUT2D eigenvalue weighted by Gasteiger charge is 2.06. The lowest BCUT2D eigenvalue weighted by atomic mass is 10.1. The second-order valence-corrected chi connectivity index (χ2v) is 3.82. The molecule has 0 spiro atoms. The van der Waals surface area contributed by atoms with Crippen molar-refractivity contribution in [3.63, 3.8) is 0 Å². The van der Waals surface area contributed by atoms with E-state index in [0.717, 1.165) is 24.1 Å². The average Bonchev–Trinajstić information content (AvgIpc) is 2.29. The summed E-state index contributed by atoms with van der Waals surface area (Å²) >= 11 is 0. The molecule has 0 saturated carbocycles. The van der Waals surface area contributed by atoms with Gasteiger partial charge in [0.05, 0.1) is 11.2 Å². The van der Waals surface area contributed by atoms with Gasteiger partial charge in [-0.25, -0.2) is 0 Å². The molecule has 0 saturated heterocycles. The molecule has 2 N–H and O–H groups in total. The zero-order valence-electron chi connectivity index (χ0n) is 8.98. The van der Waals surface area contributed by atoms with E-state index in [9.17, 15) is 0 Å². The van der Waals surface area contributed by atoms with Gasteiger partial charge in [-0.2, -0.15) is 0 Å². The van der Waals surface area contributed by atoms with Crippen molar-refractivity contribution < 1.29 is 0 Å². The van der Waals surface area contributed by atoms with Crippen LogP contribution in [0.15, 0.2) is 36.4 Å². The molecule has 1 atom stereocenters. The predicted molar refractivity (Wildman–Crippen MR) is 63.6 cm³/mol. The van der Waals surface area contributed by atoms with Gasteiger partial charge in [0, 0.05) is 11.4 Å². The number of nitrogens with zero attached hydrogens (tertiary/aromatic N) is 1. The summed E-state index contributed by atoms with van der Waals surface area (Å²) in [5, 5.41) is 1.17. The Balaban J connectivity index is 2.38. The van der Waals surface area contributed by atoms with E-state index in [-0.39, 0.29) is 6.04 Å².